The first-order valence-electron chi connectivity index (χ1n) is 8.50. The molecule has 31 heavy (non-hydrogen) atoms. The average molecular weight is 466 g/mol. The van der Waals surface area contributed by atoms with Crippen molar-refractivity contribution in [2.45, 2.75) is 0 Å². The molecule has 0 aliphatic carbocycles. The number of methoxy groups -OCH3 is 2. The molecular formula is C19H18N2O8S2. The van der Waals surface area contributed by atoms with E-state index < -0.39 is 31.4 Å². The van der Waals surface area contributed by atoms with Crippen LogP contribution in [0.4, 0.5) is 11.4 Å². The minimum absolute atomic E-state index is 0.105. The van der Waals surface area contributed by atoms with Crippen LogP contribution in [-0.2, 0) is 21.6 Å². The number of rotatable bonds is 10. The van der Waals surface area contributed by atoms with Crippen molar-refractivity contribution >= 4 is 45.1 Å². The summed E-state index contributed by atoms with van der Waals surface area (Å²) in [4.78, 5) is 20.9. The molecule has 2 aromatic rings. The largest absolute Gasteiger partial charge is 0.490 e. The van der Waals surface area contributed by atoms with Crippen LogP contribution in [0.5, 0.6) is 11.5 Å². The van der Waals surface area contributed by atoms with Crippen LogP contribution in [0.25, 0.3) is 12.2 Å². The van der Waals surface area contributed by atoms with Crippen LogP contribution >= 0.6 is 0 Å². The first-order valence-corrected chi connectivity index (χ1v) is 11.3. The number of hydrogen-bond acceptors (Lipinski definition) is 8. The van der Waals surface area contributed by atoms with Gasteiger partial charge in [0.25, 0.3) is 0 Å². The molecule has 12 heteroatoms. The standard InChI is InChI=1S/C19H18N2O8S2/c1-28-18-5-3-14(11-16(18)20(22)23)7-9-30(26)13-31(27)10-8-15-4-6-19(29-2)17(12-15)21(24)25/h3-12H,13H2,1-2H3. The Morgan fingerprint density at radius 2 is 1.19 bits per heavy atom. The van der Waals surface area contributed by atoms with Crippen molar-refractivity contribution in [1.82, 2.24) is 0 Å². The van der Waals surface area contributed by atoms with Crippen LogP contribution < -0.4 is 9.47 Å². The molecule has 0 radical (unpaired) electrons. The van der Waals surface area contributed by atoms with Gasteiger partial charge in [0.15, 0.2) is 11.5 Å². The molecule has 2 atom stereocenters. The van der Waals surface area contributed by atoms with Crippen molar-refractivity contribution < 1.29 is 27.7 Å². The van der Waals surface area contributed by atoms with Crippen molar-refractivity contribution in [3.05, 3.63) is 78.6 Å². The monoisotopic (exact) mass is 466 g/mol. The molecule has 2 rings (SSSR count). The van der Waals surface area contributed by atoms with Crippen molar-refractivity contribution in [3.8, 4) is 11.5 Å². The summed E-state index contributed by atoms with van der Waals surface area (Å²) in [7, 11) is -0.583. The van der Waals surface area contributed by atoms with E-state index in [2.05, 4.69) is 0 Å². The minimum atomic E-state index is -1.61. The molecule has 0 aliphatic rings. The lowest BCUT2D eigenvalue weighted by molar-refractivity contribution is -0.385. The number of hydrogen-bond donors (Lipinski definition) is 0. The summed E-state index contributed by atoms with van der Waals surface area (Å²) in [5, 5.41) is 24.5. The molecule has 164 valence electrons. The lowest BCUT2D eigenvalue weighted by Gasteiger charge is -2.02. The molecule has 10 nitrogen and oxygen atoms in total. The van der Waals surface area contributed by atoms with Gasteiger partial charge in [0.05, 0.1) is 45.7 Å². The van der Waals surface area contributed by atoms with Crippen molar-refractivity contribution in [2.24, 2.45) is 0 Å². The van der Waals surface area contributed by atoms with Gasteiger partial charge in [-0.05, 0) is 35.4 Å². The van der Waals surface area contributed by atoms with Crippen LogP contribution in [0.2, 0.25) is 0 Å². The Morgan fingerprint density at radius 3 is 1.52 bits per heavy atom. The molecule has 0 amide bonds. The fourth-order valence-corrected chi connectivity index (χ4v) is 4.57. The second kappa shape index (κ2) is 11.1. The average Bonchev–Trinajstić information content (AvgIpc) is 2.75. The van der Waals surface area contributed by atoms with E-state index in [1.807, 2.05) is 0 Å². The molecule has 0 saturated carbocycles. The first-order chi connectivity index (χ1) is 14.7. The first kappa shape index (κ1) is 23.9. The number of nitro benzene ring substituents is 2. The normalized spacial score (nSPS) is 13.2. The Hall–Kier alpha value is -3.38. The lowest BCUT2D eigenvalue weighted by Crippen LogP contribution is -1.99. The highest BCUT2D eigenvalue weighted by Crippen LogP contribution is 2.29. The molecule has 0 aliphatic heterocycles. The Kier molecular flexibility index (Phi) is 8.58. The van der Waals surface area contributed by atoms with Gasteiger partial charge in [-0.1, -0.05) is 12.1 Å². The molecule has 0 aromatic heterocycles. The summed E-state index contributed by atoms with van der Waals surface area (Å²) >= 11 is 0. The quantitative estimate of drug-likeness (QED) is 0.382. The van der Waals surface area contributed by atoms with E-state index >= 15 is 0 Å². The zero-order valence-corrected chi connectivity index (χ0v) is 18.1. The molecule has 0 spiro atoms. The Labute approximate surface area is 182 Å². The van der Waals surface area contributed by atoms with Crippen LogP contribution in [0.15, 0.2) is 47.2 Å². The fourth-order valence-electron chi connectivity index (χ4n) is 2.41. The third kappa shape index (κ3) is 6.83. The van der Waals surface area contributed by atoms with Gasteiger partial charge in [-0.2, -0.15) is 0 Å². The maximum Gasteiger partial charge on any atom is 0.311 e. The van der Waals surface area contributed by atoms with Gasteiger partial charge in [-0.25, -0.2) is 0 Å². The number of nitro groups is 2. The Balaban J connectivity index is 2.04. The summed E-state index contributed by atoms with van der Waals surface area (Å²) < 4.78 is 34.1. The highest BCUT2D eigenvalue weighted by atomic mass is 32.2. The molecule has 0 heterocycles. The summed E-state index contributed by atoms with van der Waals surface area (Å²) in [6.45, 7) is 0. The van der Waals surface area contributed by atoms with Crippen LogP contribution in [0.1, 0.15) is 11.1 Å². The van der Waals surface area contributed by atoms with Gasteiger partial charge in [0, 0.05) is 22.9 Å². The number of nitrogens with zero attached hydrogens (tertiary/aromatic N) is 2. The van der Waals surface area contributed by atoms with Crippen molar-refractivity contribution in [3.63, 3.8) is 0 Å². The van der Waals surface area contributed by atoms with Gasteiger partial charge in [-0.3, -0.25) is 28.6 Å². The molecule has 0 fully saturated rings. The fraction of sp³-hybridized carbons (Fsp3) is 0.158. The van der Waals surface area contributed by atoms with Gasteiger partial charge < -0.3 is 9.47 Å². The highest BCUT2D eigenvalue weighted by molar-refractivity contribution is 8.04. The minimum Gasteiger partial charge on any atom is -0.490 e. The second-order valence-electron chi connectivity index (χ2n) is 5.86. The molecule has 0 saturated heterocycles. The van der Waals surface area contributed by atoms with E-state index in [1.165, 1.54) is 61.5 Å². The summed E-state index contributed by atoms with van der Waals surface area (Å²) in [6.07, 6.45) is 2.85. The molecule has 2 aromatic carbocycles. The van der Waals surface area contributed by atoms with Crippen LogP contribution in [-0.4, -0.2) is 37.6 Å². The smallest absolute Gasteiger partial charge is 0.311 e. The summed E-state index contributed by atoms with van der Waals surface area (Å²) in [5.41, 5.74) is 0.423. The number of benzene rings is 2. The van der Waals surface area contributed by atoms with E-state index in [-0.39, 0.29) is 28.0 Å². The van der Waals surface area contributed by atoms with E-state index in [0.29, 0.717) is 11.1 Å². The zero-order valence-electron chi connectivity index (χ0n) is 16.5. The van der Waals surface area contributed by atoms with Crippen molar-refractivity contribution in [1.29, 1.82) is 0 Å². The SMILES string of the molecule is COc1ccc(C=CS(=O)CS(=O)C=Cc2ccc(OC)c([N+](=O)[O-])c2)cc1[N+](=O)[O-]. The third-order valence-electron chi connectivity index (χ3n) is 3.86. The van der Waals surface area contributed by atoms with E-state index in [4.69, 9.17) is 9.47 Å². The highest BCUT2D eigenvalue weighted by Gasteiger charge is 2.15. The molecule has 2 unspecified atom stereocenters. The van der Waals surface area contributed by atoms with E-state index in [0.717, 1.165) is 0 Å². The molecule has 0 N–H and O–H groups in total. The Bertz CT molecular complexity index is 1010. The third-order valence-corrected chi connectivity index (χ3v) is 6.59. The van der Waals surface area contributed by atoms with Gasteiger partial charge in [0.1, 0.15) is 5.08 Å². The summed E-state index contributed by atoms with van der Waals surface area (Å²) in [5.74, 6) is 0.210. The Morgan fingerprint density at radius 1 is 0.806 bits per heavy atom. The van der Waals surface area contributed by atoms with E-state index in [9.17, 15) is 28.6 Å². The van der Waals surface area contributed by atoms with Gasteiger partial charge in [-0.15, -0.1) is 0 Å². The zero-order chi connectivity index (χ0) is 23.0. The molecule has 0 bridgehead atoms. The van der Waals surface area contributed by atoms with Crippen LogP contribution in [0.3, 0.4) is 0 Å². The molecular weight excluding hydrogens is 448 g/mol. The lowest BCUT2D eigenvalue weighted by atomic mass is 10.2. The second-order valence-corrected chi connectivity index (χ2v) is 8.87. The number of ether oxygens (including phenoxy) is 2. The van der Waals surface area contributed by atoms with E-state index in [1.54, 1.807) is 12.1 Å². The van der Waals surface area contributed by atoms with Gasteiger partial charge >= 0.3 is 11.4 Å². The van der Waals surface area contributed by atoms with Crippen molar-refractivity contribution in [2.75, 3.05) is 19.3 Å². The topological polar surface area (TPSA) is 139 Å². The van der Waals surface area contributed by atoms with Gasteiger partial charge in [0.2, 0.25) is 0 Å². The predicted molar refractivity (Wildman–Crippen MR) is 119 cm³/mol. The maximum atomic E-state index is 12.1. The maximum absolute atomic E-state index is 12.1. The predicted octanol–water partition coefficient (Wildman–Crippen LogP) is 3.62. The van der Waals surface area contributed by atoms with Crippen LogP contribution in [0, 0.1) is 20.2 Å². The summed E-state index contributed by atoms with van der Waals surface area (Å²) in [6, 6.07) is 8.53.